The first-order valence-corrected chi connectivity index (χ1v) is 6.97. The summed E-state index contributed by atoms with van der Waals surface area (Å²) in [7, 11) is 2.10. The summed E-state index contributed by atoms with van der Waals surface area (Å²) in [6.07, 6.45) is 0. The molecule has 0 saturated carbocycles. The average molecular weight is 390 g/mol. The molecule has 114 valence electrons. The zero-order chi connectivity index (χ0) is 14.6. The number of hydrogen-bond acceptors (Lipinski definition) is 2. The molecule has 20 heavy (non-hydrogen) atoms. The summed E-state index contributed by atoms with van der Waals surface area (Å²) in [5.41, 5.74) is 4.21. The molecule has 0 spiro atoms. The Morgan fingerprint density at radius 3 is 1.95 bits per heavy atom. The Balaban J connectivity index is 0.00000361. The van der Waals surface area contributed by atoms with Crippen LogP contribution in [0.4, 0.5) is 5.69 Å². The van der Waals surface area contributed by atoms with Gasteiger partial charge in [-0.05, 0) is 45.7 Å². The van der Waals surface area contributed by atoms with Gasteiger partial charge in [-0.3, -0.25) is 4.99 Å². The molecule has 0 aliphatic heterocycles. The third kappa shape index (κ3) is 5.05. The Hall–Kier alpha value is -0.620. The quantitative estimate of drug-likeness (QED) is 0.329. The summed E-state index contributed by atoms with van der Waals surface area (Å²) in [5, 5.41) is 12.2. The Morgan fingerprint density at radius 1 is 1.10 bits per heavy atom. The molecular weight excluding hydrogens is 363 g/mol. The molecule has 0 aromatic heterocycles. The van der Waals surface area contributed by atoms with E-state index in [1.807, 2.05) is 13.8 Å². The van der Waals surface area contributed by atoms with E-state index in [-0.39, 0.29) is 29.9 Å². The van der Waals surface area contributed by atoms with Crippen LogP contribution in [0.3, 0.4) is 0 Å². The SMILES string of the molecule is CC[N+](C)(CC)CC([O-])=Nc1c(C)cc(C)cc1C.I. The third-order valence-electron chi connectivity index (χ3n) is 3.92. The van der Waals surface area contributed by atoms with Crippen molar-refractivity contribution >= 4 is 35.6 Å². The molecule has 0 amide bonds. The van der Waals surface area contributed by atoms with Gasteiger partial charge in [-0.2, -0.15) is 0 Å². The summed E-state index contributed by atoms with van der Waals surface area (Å²) < 4.78 is 0.742. The van der Waals surface area contributed by atoms with Crippen LogP contribution in [0.25, 0.3) is 0 Å². The highest BCUT2D eigenvalue weighted by Gasteiger charge is 2.15. The maximum atomic E-state index is 12.2. The van der Waals surface area contributed by atoms with E-state index in [2.05, 4.69) is 44.9 Å². The van der Waals surface area contributed by atoms with E-state index < -0.39 is 0 Å². The number of rotatable bonds is 5. The molecular formula is C16H27IN2O. The van der Waals surface area contributed by atoms with Crippen LogP contribution < -0.4 is 5.11 Å². The van der Waals surface area contributed by atoms with Crippen LogP contribution in [-0.4, -0.2) is 37.1 Å². The molecule has 0 heterocycles. The molecule has 0 aliphatic rings. The number of aryl methyl sites for hydroxylation is 3. The fourth-order valence-corrected chi connectivity index (χ4v) is 2.28. The van der Waals surface area contributed by atoms with Crippen LogP contribution in [-0.2, 0) is 0 Å². The fourth-order valence-electron chi connectivity index (χ4n) is 2.28. The highest BCUT2D eigenvalue weighted by molar-refractivity contribution is 14.0. The zero-order valence-electron chi connectivity index (χ0n) is 13.5. The van der Waals surface area contributed by atoms with Gasteiger partial charge in [0.15, 0.2) is 0 Å². The molecule has 0 unspecified atom stereocenters. The number of hydrogen-bond donors (Lipinski definition) is 0. The minimum atomic E-state index is -0.0266. The Labute approximate surface area is 140 Å². The lowest BCUT2D eigenvalue weighted by Crippen LogP contribution is -2.49. The molecule has 1 aromatic rings. The lowest BCUT2D eigenvalue weighted by molar-refractivity contribution is -0.899. The van der Waals surface area contributed by atoms with Crippen LogP contribution in [0, 0.1) is 20.8 Å². The lowest BCUT2D eigenvalue weighted by Gasteiger charge is -2.34. The van der Waals surface area contributed by atoms with Crippen LogP contribution in [0.1, 0.15) is 30.5 Å². The summed E-state index contributed by atoms with van der Waals surface area (Å²) in [5.74, 6) is -0.0266. The molecule has 3 nitrogen and oxygen atoms in total. The van der Waals surface area contributed by atoms with Crippen LogP contribution in [0.2, 0.25) is 0 Å². The Morgan fingerprint density at radius 2 is 1.55 bits per heavy atom. The summed E-state index contributed by atoms with van der Waals surface area (Å²) in [6.45, 7) is 12.7. The third-order valence-corrected chi connectivity index (χ3v) is 3.92. The van der Waals surface area contributed by atoms with E-state index in [0.717, 1.165) is 34.4 Å². The second-order valence-electron chi connectivity index (χ2n) is 5.66. The van der Waals surface area contributed by atoms with E-state index in [4.69, 9.17) is 0 Å². The van der Waals surface area contributed by atoms with Gasteiger partial charge in [0.1, 0.15) is 6.54 Å². The molecule has 0 N–H and O–H groups in total. The summed E-state index contributed by atoms with van der Waals surface area (Å²) in [4.78, 5) is 4.33. The first-order valence-electron chi connectivity index (χ1n) is 6.97. The maximum absolute atomic E-state index is 12.2. The molecule has 0 aliphatic carbocycles. The molecule has 0 bridgehead atoms. The molecule has 4 heteroatoms. The van der Waals surface area contributed by atoms with E-state index >= 15 is 0 Å². The summed E-state index contributed by atoms with van der Waals surface area (Å²) >= 11 is 0. The topological polar surface area (TPSA) is 35.4 Å². The van der Waals surface area contributed by atoms with Crippen molar-refractivity contribution in [2.45, 2.75) is 34.6 Å². The van der Waals surface area contributed by atoms with Crippen molar-refractivity contribution in [1.29, 1.82) is 0 Å². The molecule has 0 radical (unpaired) electrons. The van der Waals surface area contributed by atoms with E-state index in [1.54, 1.807) is 0 Å². The molecule has 1 aromatic carbocycles. The van der Waals surface area contributed by atoms with Gasteiger partial charge in [-0.1, -0.05) is 17.7 Å². The van der Waals surface area contributed by atoms with Gasteiger partial charge in [0.25, 0.3) is 0 Å². The predicted octanol–water partition coefficient (Wildman–Crippen LogP) is 3.11. The van der Waals surface area contributed by atoms with Crippen molar-refractivity contribution in [3.05, 3.63) is 28.8 Å². The van der Waals surface area contributed by atoms with Gasteiger partial charge in [-0.25, -0.2) is 0 Å². The highest BCUT2D eigenvalue weighted by atomic mass is 127. The second kappa shape index (κ2) is 7.98. The van der Waals surface area contributed by atoms with Crippen molar-refractivity contribution in [3.8, 4) is 0 Å². The van der Waals surface area contributed by atoms with Crippen molar-refractivity contribution < 1.29 is 9.59 Å². The highest BCUT2D eigenvalue weighted by Crippen LogP contribution is 2.25. The average Bonchev–Trinajstić information content (AvgIpc) is 2.33. The maximum Gasteiger partial charge on any atom is 0.107 e. The lowest BCUT2D eigenvalue weighted by atomic mass is 10.1. The number of aliphatic imine (C=N–C) groups is 1. The molecule has 0 fully saturated rings. The number of likely N-dealkylation sites (N-methyl/N-ethyl adjacent to an activating group) is 1. The van der Waals surface area contributed by atoms with Crippen molar-refractivity contribution in [2.24, 2.45) is 4.99 Å². The summed E-state index contributed by atoms with van der Waals surface area (Å²) in [6, 6.07) is 4.15. The standard InChI is InChI=1S/C16H26N2O.HI/c1-7-18(6,8-2)11-15(19)17-16-13(4)9-12(3)10-14(16)5;/h9-10H,7-8,11H2,1-6H3;1H. The number of benzene rings is 1. The van der Waals surface area contributed by atoms with Gasteiger partial charge < -0.3 is 9.59 Å². The largest absolute Gasteiger partial charge is 0.858 e. The smallest absolute Gasteiger partial charge is 0.107 e. The number of nitrogens with zero attached hydrogens (tertiary/aromatic N) is 2. The van der Waals surface area contributed by atoms with Gasteiger partial charge in [0, 0.05) is 5.90 Å². The monoisotopic (exact) mass is 390 g/mol. The van der Waals surface area contributed by atoms with E-state index in [0.29, 0.717) is 6.54 Å². The van der Waals surface area contributed by atoms with Crippen LogP contribution >= 0.6 is 24.0 Å². The molecule has 1 rings (SSSR count). The fraction of sp³-hybridized carbons (Fsp3) is 0.562. The van der Waals surface area contributed by atoms with Gasteiger partial charge >= 0.3 is 0 Å². The van der Waals surface area contributed by atoms with Gasteiger partial charge in [0.2, 0.25) is 0 Å². The molecule has 0 atom stereocenters. The minimum Gasteiger partial charge on any atom is -0.858 e. The van der Waals surface area contributed by atoms with E-state index in [1.165, 1.54) is 5.56 Å². The number of halogens is 1. The van der Waals surface area contributed by atoms with Gasteiger partial charge in [-0.15, -0.1) is 24.0 Å². The zero-order valence-corrected chi connectivity index (χ0v) is 15.8. The normalized spacial score (nSPS) is 12.2. The van der Waals surface area contributed by atoms with Crippen molar-refractivity contribution in [2.75, 3.05) is 26.7 Å². The first kappa shape index (κ1) is 19.4. The van der Waals surface area contributed by atoms with Crippen molar-refractivity contribution in [1.82, 2.24) is 0 Å². The predicted molar refractivity (Wildman–Crippen MR) is 95.3 cm³/mol. The Kier molecular flexibility index (Phi) is 7.73. The number of quaternary nitrogens is 1. The Bertz CT molecular complexity index is 456. The first-order chi connectivity index (χ1) is 8.81. The van der Waals surface area contributed by atoms with Crippen LogP contribution in [0.15, 0.2) is 17.1 Å². The van der Waals surface area contributed by atoms with Gasteiger partial charge in [0.05, 0.1) is 25.8 Å². The van der Waals surface area contributed by atoms with Crippen molar-refractivity contribution in [3.63, 3.8) is 0 Å². The second-order valence-corrected chi connectivity index (χ2v) is 5.66. The van der Waals surface area contributed by atoms with Crippen LogP contribution in [0.5, 0.6) is 0 Å². The van der Waals surface area contributed by atoms with E-state index in [9.17, 15) is 5.11 Å². The molecule has 0 saturated heterocycles. The minimum absolute atomic E-state index is 0.